The van der Waals surface area contributed by atoms with Crippen LogP contribution < -0.4 is 29.6 Å². The Labute approximate surface area is 432 Å². The van der Waals surface area contributed by atoms with Crippen molar-refractivity contribution >= 4 is 118 Å². The molecule has 0 saturated carbocycles. The molecule has 66 heavy (non-hydrogen) atoms. The standard InChI is InChI=1S/C25H29N3O5.C22H23N3O4.ClH.I2.HI/c1-25(2,29)9-8-18-6-5-7-19(14-18)28-24-20-15-22(32-12-10-30-3)23(33-13-11-31-4)16-21(20)26-17-27-24;1-4-16-6-5-7-17(12-16)25-22-18-13-20(28-10-8-26-2)21(29-11-9-27-3)14-19(18)23-15-24-22;;1-2;/h5-7,14-17,29H,10-13H2,1-4H3,(H,26,27,28);1,5-7,12-15H,8-11H2,2-3H3,(H,23,24,25);1H;;1H. The SMILES string of the molecule is C#Cc1cccc(Nc2ncnc3cc(OCCOC)c(OCCOC)cc23)c1.COCCOc1cc2ncnc(Nc3cccc(C#CC(C)(C)O)c3)c2cc1OCCOC.Cl.I.II. The maximum Gasteiger partial charge on any atom is 0.163 e. The Kier molecular flexibility index (Phi) is 27.8. The predicted molar refractivity (Wildman–Crippen MR) is 290 cm³/mol. The maximum absolute atomic E-state index is 9.85. The number of aliphatic hydroxyl groups is 1. The van der Waals surface area contributed by atoms with Crippen LogP contribution in [0.4, 0.5) is 23.0 Å². The van der Waals surface area contributed by atoms with E-state index in [0.29, 0.717) is 93.0 Å². The van der Waals surface area contributed by atoms with E-state index in [-0.39, 0.29) is 36.4 Å². The summed E-state index contributed by atoms with van der Waals surface area (Å²) in [7, 11) is 6.49. The second-order valence-corrected chi connectivity index (χ2v) is 13.8. The highest BCUT2D eigenvalue weighted by Gasteiger charge is 2.15. The van der Waals surface area contributed by atoms with Gasteiger partial charge in [-0.1, -0.05) is 29.9 Å². The number of nitrogens with zero attached hydrogens (tertiary/aromatic N) is 4. The molecular weight excluding hydrogens is 1210 g/mol. The van der Waals surface area contributed by atoms with Crippen LogP contribution in [-0.4, -0.2) is 112 Å². The van der Waals surface area contributed by atoms with E-state index in [1.54, 1.807) is 42.3 Å². The molecule has 0 aliphatic carbocycles. The summed E-state index contributed by atoms with van der Waals surface area (Å²) < 4.78 is 43.7. The average Bonchev–Trinajstić information content (AvgIpc) is 3.30. The smallest absolute Gasteiger partial charge is 0.163 e. The van der Waals surface area contributed by atoms with Crippen LogP contribution in [-0.2, 0) is 18.9 Å². The fraction of sp³-hybridized carbons (Fsp3) is 0.319. The molecule has 0 aliphatic rings. The summed E-state index contributed by atoms with van der Waals surface area (Å²) in [5.41, 5.74) is 3.57. The molecule has 0 unspecified atom stereocenters. The lowest BCUT2D eigenvalue weighted by molar-refractivity contribution is 0.132. The van der Waals surface area contributed by atoms with Crippen molar-refractivity contribution in [3.8, 4) is 47.2 Å². The minimum atomic E-state index is -1.06. The molecule has 0 fully saturated rings. The maximum atomic E-state index is 9.85. The molecule has 4 aromatic carbocycles. The van der Waals surface area contributed by atoms with Crippen molar-refractivity contribution in [3.05, 3.63) is 96.6 Å². The molecule has 3 N–H and O–H groups in total. The number of halogens is 4. The van der Waals surface area contributed by atoms with Gasteiger partial charge in [-0.15, -0.1) is 42.8 Å². The van der Waals surface area contributed by atoms with Crippen molar-refractivity contribution in [2.75, 3.05) is 91.9 Å². The van der Waals surface area contributed by atoms with Crippen molar-refractivity contribution in [2.45, 2.75) is 19.4 Å². The first-order chi connectivity index (χ1) is 31.1. The second-order valence-electron chi connectivity index (χ2n) is 13.8. The summed E-state index contributed by atoms with van der Waals surface area (Å²) in [6.07, 6.45) is 8.49. The van der Waals surface area contributed by atoms with E-state index in [0.717, 1.165) is 38.8 Å². The Balaban J connectivity index is 0.000000427. The molecule has 0 atom stereocenters. The van der Waals surface area contributed by atoms with Gasteiger partial charge in [0.2, 0.25) is 0 Å². The lowest BCUT2D eigenvalue weighted by Crippen LogP contribution is -2.14. The Bertz CT molecular complexity index is 2500. The number of rotatable bonds is 20. The van der Waals surface area contributed by atoms with E-state index in [4.69, 9.17) is 44.3 Å². The van der Waals surface area contributed by atoms with Gasteiger partial charge in [-0.3, -0.25) is 0 Å². The topological polar surface area (TPSA) is 170 Å². The van der Waals surface area contributed by atoms with Crippen LogP contribution in [0.3, 0.4) is 0 Å². The van der Waals surface area contributed by atoms with E-state index < -0.39 is 5.60 Å². The molecule has 6 rings (SSSR count). The van der Waals surface area contributed by atoms with Gasteiger partial charge in [0.25, 0.3) is 0 Å². The van der Waals surface area contributed by atoms with Crippen LogP contribution in [0, 0.1) is 24.2 Å². The normalized spacial score (nSPS) is 10.2. The number of ether oxygens (including phenoxy) is 8. The van der Waals surface area contributed by atoms with E-state index in [1.165, 1.54) is 12.7 Å². The van der Waals surface area contributed by atoms with E-state index in [1.807, 2.05) is 72.8 Å². The van der Waals surface area contributed by atoms with Crippen LogP contribution in [0.1, 0.15) is 25.0 Å². The van der Waals surface area contributed by atoms with Crippen molar-refractivity contribution in [2.24, 2.45) is 0 Å². The predicted octanol–water partition coefficient (Wildman–Crippen LogP) is 9.76. The molecule has 0 spiro atoms. The summed E-state index contributed by atoms with van der Waals surface area (Å²) in [5.74, 6) is 12.0. The fourth-order valence-corrected chi connectivity index (χ4v) is 5.58. The Morgan fingerprint density at radius 3 is 1.33 bits per heavy atom. The second kappa shape index (κ2) is 31.7. The van der Waals surface area contributed by atoms with Crippen LogP contribution in [0.15, 0.2) is 85.5 Å². The minimum absolute atomic E-state index is 0. The number of hydrogen-bond donors (Lipinski definition) is 3. The largest absolute Gasteiger partial charge is 0.487 e. The van der Waals surface area contributed by atoms with E-state index >= 15 is 0 Å². The fourth-order valence-electron chi connectivity index (χ4n) is 5.58. The molecule has 2 heterocycles. The number of methoxy groups -OCH3 is 4. The Morgan fingerprint density at radius 1 is 0.576 bits per heavy atom. The lowest BCUT2D eigenvalue weighted by Gasteiger charge is -2.15. The number of anilines is 4. The lowest BCUT2D eigenvalue weighted by atomic mass is 10.1. The molecule has 15 nitrogen and oxygen atoms in total. The zero-order chi connectivity index (χ0) is 46.2. The Hall–Kier alpha value is -4.24. The van der Waals surface area contributed by atoms with Crippen molar-refractivity contribution in [1.29, 1.82) is 0 Å². The quantitative estimate of drug-likeness (QED) is 0.0375. The molecule has 0 amide bonds. The third kappa shape index (κ3) is 19.2. The number of hydrogen-bond acceptors (Lipinski definition) is 15. The highest BCUT2D eigenvalue weighted by Crippen LogP contribution is 2.36. The van der Waals surface area contributed by atoms with Gasteiger partial charge < -0.3 is 53.6 Å². The first-order valence-corrected chi connectivity index (χ1v) is 26.1. The summed E-state index contributed by atoms with van der Waals surface area (Å²) in [6.45, 7) is 6.69. The molecule has 0 saturated heterocycles. The van der Waals surface area contributed by atoms with Crippen LogP contribution in [0.5, 0.6) is 23.0 Å². The van der Waals surface area contributed by atoms with Gasteiger partial charge in [-0.2, -0.15) is 0 Å². The summed E-state index contributed by atoms with van der Waals surface area (Å²) >= 11 is 4.24. The van der Waals surface area contributed by atoms with Gasteiger partial charge >= 0.3 is 0 Å². The highest BCUT2D eigenvalue weighted by atomic mass is 128. The summed E-state index contributed by atoms with van der Waals surface area (Å²) in [5, 5.41) is 18.1. The number of aromatic nitrogens is 4. The average molecular weight is 1260 g/mol. The zero-order valence-corrected chi connectivity index (χ0v) is 44.9. The molecule has 6 aromatic rings. The van der Waals surface area contributed by atoms with Gasteiger partial charge in [0.1, 0.15) is 56.3 Å². The van der Waals surface area contributed by atoms with Crippen molar-refractivity contribution in [3.63, 3.8) is 0 Å². The third-order valence-corrected chi connectivity index (χ3v) is 8.51. The Morgan fingerprint density at radius 2 is 0.955 bits per heavy atom. The summed E-state index contributed by atoms with van der Waals surface area (Å²) in [6, 6.07) is 22.5. The van der Waals surface area contributed by atoms with Crippen molar-refractivity contribution < 1.29 is 43.0 Å². The van der Waals surface area contributed by atoms with Gasteiger partial charge in [0, 0.05) is 111 Å². The molecular formula is C47H54ClI3N6O9. The van der Waals surface area contributed by atoms with E-state index in [9.17, 15) is 5.11 Å². The molecule has 354 valence electrons. The number of terminal acetylenes is 1. The minimum Gasteiger partial charge on any atom is -0.487 e. The molecule has 0 bridgehead atoms. The summed E-state index contributed by atoms with van der Waals surface area (Å²) in [4.78, 5) is 17.6. The van der Waals surface area contributed by atoms with E-state index in [2.05, 4.69) is 85.6 Å². The van der Waals surface area contributed by atoms with Crippen LogP contribution in [0.2, 0.25) is 0 Å². The van der Waals surface area contributed by atoms with Crippen molar-refractivity contribution in [1.82, 2.24) is 19.9 Å². The molecule has 0 aliphatic heterocycles. The molecule has 19 heteroatoms. The zero-order valence-electron chi connectivity index (χ0n) is 37.4. The van der Waals surface area contributed by atoms with Gasteiger partial charge in [-0.25, -0.2) is 19.9 Å². The number of fused-ring (bicyclic) bond motifs is 2. The monoisotopic (exact) mass is 1260 g/mol. The molecule has 2 aromatic heterocycles. The van der Waals surface area contributed by atoms with Gasteiger partial charge in [-0.05, 0) is 62.4 Å². The third-order valence-electron chi connectivity index (χ3n) is 8.51. The van der Waals surface area contributed by atoms with Crippen LogP contribution in [0.25, 0.3) is 21.8 Å². The first-order valence-electron chi connectivity index (χ1n) is 19.8. The molecule has 0 radical (unpaired) electrons. The van der Waals surface area contributed by atoms with Gasteiger partial charge in [0.05, 0.1) is 37.5 Å². The van der Waals surface area contributed by atoms with Crippen LogP contribution >= 0.6 is 73.6 Å². The first kappa shape index (κ1) is 57.9. The number of nitrogens with one attached hydrogen (secondary N) is 2. The number of benzene rings is 4. The highest BCUT2D eigenvalue weighted by molar-refractivity contribution is 15.0. The van der Waals surface area contributed by atoms with Gasteiger partial charge in [0.15, 0.2) is 23.0 Å².